The Morgan fingerprint density at radius 1 is 1.10 bits per heavy atom. The van der Waals surface area contributed by atoms with Crippen LogP contribution in [0.15, 0.2) is 36.4 Å². The lowest BCUT2D eigenvalue weighted by atomic mass is 10.1. The fourth-order valence-electron chi connectivity index (χ4n) is 1.77. The first-order valence-electron chi connectivity index (χ1n) is 5.91. The number of carbonyl (C=O) groups is 1. The van der Waals surface area contributed by atoms with Crippen LogP contribution < -0.4 is 4.74 Å². The molecule has 110 valence electrons. The Morgan fingerprint density at radius 2 is 1.81 bits per heavy atom. The highest BCUT2D eigenvalue weighted by Crippen LogP contribution is 2.35. The zero-order chi connectivity index (χ0) is 15.6. The van der Waals surface area contributed by atoms with E-state index < -0.39 is 17.6 Å². The van der Waals surface area contributed by atoms with Crippen LogP contribution >= 0.6 is 0 Å². The molecule has 0 atom stereocenters. The Balaban J connectivity index is 2.34. The van der Waals surface area contributed by atoms with E-state index in [1.165, 1.54) is 31.2 Å². The fourth-order valence-corrected chi connectivity index (χ4v) is 1.77. The van der Waals surface area contributed by atoms with Crippen LogP contribution in [0.2, 0.25) is 0 Å². The van der Waals surface area contributed by atoms with Gasteiger partial charge in [0.1, 0.15) is 12.0 Å². The molecule has 0 spiro atoms. The minimum absolute atomic E-state index is 0.0478. The van der Waals surface area contributed by atoms with E-state index in [9.17, 15) is 22.4 Å². The molecule has 0 saturated carbocycles. The minimum atomic E-state index is -4.51. The zero-order valence-electron chi connectivity index (χ0n) is 10.9. The number of benzene rings is 2. The van der Waals surface area contributed by atoms with Gasteiger partial charge in [-0.05, 0) is 42.8 Å². The maximum Gasteiger partial charge on any atom is 0.416 e. The molecule has 21 heavy (non-hydrogen) atoms. The van der Waals surface area contributed by atoms with Crippen molar-refractivity contribution in [1.29, 1.82) is 0 Å². The third kappa shape index (κ3) is 3.39. The highest BCUT2D eigenvalue weighted by atomic mass is 19.4. The molecule has 2 nitrogen and oxygen atoms in total. The van der Waals surface area contributed by atoms with Crippen molar-refractivity contribution in [3.8, 4) is 11.5 Å². The largest absolute Gasteiger partial charge is 0.454 e. The SMILES string of the molecule is Cc1ccc(Oc2ccc(C=O)cc2F)cc1C(F)(F)F. The quantitative estimate of drug-likeness (QED) is 0.603. The van der Waals surface area contributed by atoms with Crippen molar-refractivity contribution in [2.24, 2.45) is 0 Å². The maximum absolute atomic E-state index is 13.6. The van der Waals surface area contributed by atoms with Crippen LogP contribution in [0.3, 0.4) is 0 Å². The van der Waals surface area contributed by atoms with Gasteiger partial charge in [0.25, 0.3) is 0 Å². The first kappa shape index (κ1) is 15.0. The van der Waals surface area contributed by atoms with Gasteiger partial charge < -0.3 is 4.74 Å². The van der Waals surface area contributed by atoms with Gasteiger partial charge in [0.2, 0.25) is 0 Å². The number of carbonyl (C=O) groups excluding carboxylic acids is 1. The molecular formula is C15H10F4O2. The number of alkyl halides is 3. The maximum atomic E-state index is 13.6. The molecule has 2 aromatic rings. The lowest BCUT2D eigenvalue weighted by Gasteiger charge is -2.13. The molecule has 0 aromatic heterocycles. The second-order valence-electron chi connectivity index (χ2n) is 4.38. The highest BCUT2D eigenvalue weighted by molar-refractivity contribution is 5.75. The summed E-state index contributed by atoms with van der Waals surface area (Å²) in [6, 6.07) is 6.81. The third-order valence-corrected chi connectivity index (χ3v) is 2.83. The molecule has 0 fully saturated rings. The van der Waals surface area contributed by atoms with Gasteiger partial charge in [-0.2, -0.15) is 13.2 Å². The summed E-state index contributed by atoms with van der Waals surface area (Å²) in [5, 5.41) is 0. The number of hydrogen-bond donors (Lipinski definition) is 0. The smallest absolute Gasteiger partial charge is 0.416 e. The number of rotatable bonds is 3. The second kappa shape index (κ2) is 5.55. The average molecular weight is 298 g/mol. The van der Waals surface area contributed by atoms with Gasteiger partial charge in [0.05, 0.1) is 5.56 Å². The Hall–Kier alpha value is -2.37. The lowest BCUT2D eigenvalue weighted by molar-refractivity contribution is -0.138. The molecule has 0 unspecified atom stereocenters. The molecule has 0 radical (unpaired) electrons. The van der Waals surface area contributed by atoms with E-state index in [0.717, 1.165) is 12.1 Å². The topological polar surface area (TPSA) is 26.3 Å². The summed E-state index contributed by atoms with van der Waals surface area (Å²) in [6.45, 7) is 1.33. The molecule has 0 amide bonds. The van der Waals surface area contributed by atoms with E-state index in [1.807, 2.05) is 0 Å². The van der Waals surface area contributed by atoms with Crippen LogP contribution in [-0.2, 0) is 6.18 Å². The predicted molar refractivity (Wildman–Crippen MR) is 68.0 cm³/mol. The number of halogens is 4. The summed E-state index contributed by atoms with van der Waals surface area (Å²) < 4.78 is 57.1. The fraction of sp³-hybridized carbons (Fsp3) is 0.133. The van der Waals surface area contributed by atoms with Gasteiger partial charge in [0.15, 0.2) is 11.6 Å². The van der Waals surface area contributed by atoms with Crippen molar-refractivity contribution in [2.45, 2.75) is 13.1 Å². The molecule has 0 aliphatic carbocycles. The Morgan fingerprint density at radius 3 is 2.38 bits per heavy atom. The van der Waals surface area contributed by atoms with Crippen LogP contribution in [0.5, 0.6) is 11.5 Å². The van der Waals surface area contributed by atoms with Gasteiger partial charge in [-0.15, -0.1) is 0 Å². The van der Waals surface area contributed by atoms with Crippen molar-refractivity contribution in [1.82, 2.24) is 0 Å². The molecule has 0 N–H and O–H groups in total. The van der Waals surface area contributed by atoms with Crippen LogP contribution in [0, 0.1) is 12.7 Å². The molecule has 0 saturated heterocycles. The van der Waals surface area contributed by atoms with E-state index in [4.69, 9.17) is 4.74 Å². The van der Waals surface area contributed by atoms with Crippen molar-refractivity contribution in [3.63, 3.8) is 0 Å². The lowest BCUT2D eigenvalue weighted by Crippen LogP contribution is -2.07. The van der Waals surface area contributed by atoms with E-state index in [2.05, 4.69) is 0 Å². The first-order chi connectivity index (χ1) is 9.81. The molecule has 0 aliphatic rings. The van der Waals surface area contributed by atoms with E-state index in [-0.39, 0.29) is 22.6 Å². The third-order valence-electron chi connectivity index (χ3n) is 2.83. The van der Waals surface area contributed by atoms with E-state index >= 15 is 0 Å². The molecule has 0 heterocycles. The Kier molecular flexibility index (Phi) is 3.97. The second-order valence-corrected chi connectivity index (χ2v) is 4.38. The summed E-state index contributed by atoms with van der Waals surface area (Å²) in [4.78, 5) is 10.5. The molecule has 2 aromatic carbocycles. The van der Waals surface area contributed by atoms with Crippen LogP contribution in [0.1, 0.15) is 21.5 Å². The van der Waals surface area contributed by atoms with Crippen molar-refractivity contribution < 1.29 is 27.1 Å². The zero-order valence-corrected chi connectivity index (χ0v) is 10.9. The normalized spacial score (nSPS) is 11.3. The standard InChI is InChI=1S/C15H10F4O2/c1-9-2-4-11(7-12(9)15(17,18)19)21-14-5-3-10(8-20)6-13(14)16/h2-8H,1H3. The van der Waals surface area contributed by atoms with Crippen LogP contribution in [0.25, 0.3) is 0 Å². The molecule has 2 rings (SSSR count). The molecule has 0 aliphatic heterocycles. The summed E-state index contributed by atoms with van der Waals surface area (Å²) in [5.74, 6) is -1.21. The minimum Gasteiger partial charge on any atom is -0.454 e. The molecular weight excluding hydrogens is 288 g/mol. The monoisotopic (exact) mass is 298 g/mol. The number of aryl methyl sites for hydroxylation is 1. The van der Waals surface area contributed by atoms with Crippen molar-refractivity contribution >= 4 is 6.29 Å². The van der Waals surface area contributed by atoms with Gasteiger partial charge in [0, 0.05) is 5.56 Å². The summed E-state index contributed by atoms with van der Waals surface area (Å²) >= 11 is 0. The van der Waals surface area contributed by atoms with Crippen LogP contribution in [-0.4, -0.2) is 6.29 Å². The van der Waals surface area contributed by atoms with Gasteiger partial charge >= 0.3 is 6.18 Å². The molecule has 6 heteroatoms. The van der Waals surface area contributed by atoms with Gasteiger partial charge in [-0.3, -0.25) is 4.79 Å². The number of hydrogen-bond acceptors (Lipinski definition) is 2. The van der Waals surface area contributed by atoms with Gasteiger partial charge in [-0.25, -0.2) is 4.39 Å². The summed E-state index contributed by atoms with van der Waals surface area (Å²) in [6.07, 6.45) is -4.05. The summed E-state index contributed by atoms with van der Waals surface area (Å²) in [7, 11) is 0. The first-order valence-corrected chi connectivity index (χ1v) is 5.91. The van der Waals surface area contributed by atoms with Crippen molar-refractivity contribution in [3.05, 3.63) is 58.9 Å². The molecule has 0 bridgehead atoms. The van der Waals surface area contributed by atoms with Crippen LogP contribution in [0.4, 0.5) is 17.6 Å². The highest BCUT2D eigenvalue weighted by Gasteiger charge is 2.32. The van der Waals surface area contributed by atoms with E-state index in [1.54, 1.807) is 0 Å². The van der Waals surface area contributed by atoms with E-state index in [0.29, 0.717) is 6.29 Å². The predicted octanol–water partition coefficient (Wildman–Crippen LogP) is 4.76. The number of aldehydes is 1. The number of ether oxygens (including phenoxy) is 1. The van der Waals surface area contributed by atoms with Gasteiger partial charge in [-0.1, -0.05) is 6.07 Å². The average Bonchev–Trinajstić information content (AvgIpc) is 2.41. The Labute approximate surface area is 118 Å². The Bertz CT molecular complexity index is 678. The summed E-state index contributed by atoms with van der Waals surface area (Å²) in [5.41, 5.74) is -0.684. The van der Waals surface area contributed by atoms with Crippen molar-refractivity contribution in [2.75, 3.05) is 0 Å².